The molecule has 4 heterocycles. The molecular weight excluding hydrogens is 432 g/mol. The van der Waals surface area contributed by atoms with Gasteiger partial charge in [-0.2, -0.15) is 0 Å². The molecule has 8 heteroatoms. The van der Waals surface area contributed by atoms with E-state index in [0.29, 0.717) is 0 Å². The molecule has 1 aliphatic heterocycles. The Labute approximate surface area is 197 Å². The largest absolute Gasteiger partial charge is 0.356 e. The maximum Gasteiger partial charge on any atom is 0.227 e. The van der Waals surface area contributed by atoms with Crippen molar-refractivity contribution in [3.05, 3.63) is 64.8 Å². The molecule has 7 nitrogen and oxygen atoms in total. The van der Waals surface area contributed by atoms with Crippen molar-refractivity contribution in [3.8, 4) is 0 Å². The summed E-state index contributed by atoms with van der Waals surface area (Å²) in [4.78, 5) is 30.8. The van der Waals surface area contributed by atoms with Crippen LogP contribution in [0.1, 0.15) is 34.7 Å². The molecule has 0 bridgehead atoms. The maximum absolute atomic E-state index is 12.9. The van der Waals surface area contributed by atoms with E-state index in [1.165, 1.54) is 16.0 Å². The van der Waals surface area contributed by atoms with Crippen LogP contribution in [0, 0.1) is 26.7 Å². The average molecular weight is 461 g/mol. The lowest BCUT2D eigenvalue weighted by molar-refractivity contribution is -0.120. The minimum absolute atomic E-state index is 0.0113. The monoisotopic (exact) mass is 460 g/mol. The van der Waals surface area contributed by atoms with Gasteiger partial charge in [0.1, 0.15) is 22.8 Å². The minimum atomic E-state index is 0.0113. The average Bonchev–Trinajstić information content (AvgIpc) is 3.37. The first-order valence-electron chi connectivity index (χ1n) is 11.3. The summed E-state index contributed by atoms with van der Waals surface area (Å²) in [6.07, 6.45) is 7.08. The van der Waals surface area contributed by atoms with Crippen LogP contribution in [0.4, 0.5) is 11.5 Å². The van der Waals surface area contributed by atoms with Gasteiger partial charge in [0.25, 0.3) is 0 Å². The summed E-state index contributed by atoms with van der Waals surface area (Å²) in [6.45, 7) is 8.69. The summed E-state index contributed by atoms with van der Waals surface area (Å²) < 4.78 is 2.10. The van der Waals surface area contributed by atoms with Crippen LogP contribution in [0.15, 0.2) is 43.0 Å². The van der Waals surface area contributed by atoms with Gasteiger partial charge in [-0.25, -0.2) is 15.0 Å². The number of hydrogen-bond donors (Lipinski definition) is 1. The van der Waals surface area contributed by atoms with E-state index in [9.17, 15) is 4.79 Å². The van der Waals surface area contributed by atoms with Crippen LogP contribution in [0.3, 0.4) is 0 Å². The van der Waals surface area contributed by atoms with E-state index in [2.05, 4.69) is 55.7 Å². The van der Waals surface area contributed by atoms with Gasteiger partial charge in [0, 0.05) is 48.5 Å². The molecule has 1 N–H and O–H groups in total. The van der Waals surface area contributed by atoms with Gasteiger partial charge < -0.3 is 14.8 Å². The molecule has 0 unspecified atom stereocenters. The molecule has 1 aromatic carbocycles. The minimum Gasteiger partial charge on any atom is -0.356 e. The second kappa shape index (κ2) is 8.94. The predicted molar refractivity (Wildman–Crippen MR) is 133 cm³/mol. The molecule has 0 saturated carbocycles. The Balaban J connectivity index is 1.20. The Morgan fingerprint density at radius 2 is 1.85 bits per heavy atom. The van der Waals surface area contributed by atoms with Crippen LogP contribution in [0.5, 0.6) is 0 Å². The molecular formula is C25H28N6OS. The summed E-state index contributed by atoms with van der Waals surface area (Å²) in [7, 11) is 0. The second-order valence-electron chi connectivity index (χ2n) is 8.71. The lowest BCUT2D eigenvalue weighted by Crippen LogP contribution is -2.38. The Morgan fingerprint density at radius 3 is 2.55 bits per heavy atom. The van der Waals surface area contributed by atoms with Gasteiger partial charge in [0.05, 0.1) is 5.39 Å². The molecule has 0 aliphatic carbocycles. The normalized spacial score (nSPS) is 14.7. The molecule has 0 spiro atoms. The van der Waals surface area contributed by atoms with Gasteiger partial charge in [-0.15, -0.1) is 11.3 Å². The van der Waals surface area contributed by atoms with Gasteiger partial charge in [-0.05, 0) is 56.9 Å². The molecule has 1 saturated heterocycles. The first kappa shape index (κ1) is 21.6. The van der Waals surface area contributed by atoms with Crippen molar-refractivity contribution in [3.63, 3.8) is 0 Å². The molecule has 170 valence electrons. The zero-order valence-electron chi connectivity index (χ0n) is 19.2. The van der Waals surface area contributed by atoms with Crippen molar-refractivity contribution in [2.24, 2.45) is 5.92 Å². The molecule has 0 atom stereocenters. The number of thiophene rings is 1. The third kappa shape index (κ3) is 4.35. The third-order valence-electron chi connectivity index (χ3n) is 6.61. The highest BCUT2D eigenvalue weighted by Gasteiger charge is 2.27. The summed E-state index contributed by atoms with van der Waals surface area (Å²) in [6, 6.07) is 8.08. The number of fused-ring (bicyclic) bond motifs is 1. The Morgan fingerprint density at radius 1 is 1.09 bits per heavy atom. The fraction of sp³-hybridized carbons (Fsp3) is 0.360. The van der Waals surface area contributed by atoms with E-state index in [-0.39, 0.29) is 11.8 Å². The van der Waals surface area contributed by atoms with E-state index in [1.54, 1.807) is 17.7 Å². The lowest BCUT2D eigenvalue weighted by atomic mass is 9.95. The van der Waals surface area contributed by atoms with Crippen LogP contribution < -0.4 is 10.2 Å². The topological polar surface area (TPSA) is 75.9 Å². The predicted octanol–water partition coefficient (Wildman–Crippen LogP) is 4.72. The van der Waals surface area contributed by atoms with E-state index in [0.717, 1.165) is 60.0 Å². The maximum atomic E-state index is 12.9. The number of nitrogens with zero attached hydrogens (tertiary/aromatic N) is 5. The van der Waals surface area contributed by atoms with Crippen molar-refractivity contribution in [1.82, 2.24) is 19.5 Å². The molecule has 1 aliphatic rings. The molecule has 4 aromatic rings. The number of anilines is 2. The number of carbonyl (C=O) groups excluding carboxylic acids is 1. The van der Waals surface area contributed by atoms with Gasteiger partial charge in [0.2, 0.25) is 5.91 Å². The second-order valence-corrected chi connectivity index (χ2v) is 9.91. The fourth-order valence-corrected chi connectivity index (χ4v) is 5.45. The summed E-state index contributed by atoms with van der Waals surface area (Å²) >= 11 is 1.72. The number of aryl methyl sites for hydroxylation is 3. The van der Waals surface area contributed by atoms with Gasteiger partial charge >= 0.3 is 0 Å². The van der Waals surface area contributed by atoms with Gasteiger partial charge in [-0.1, -0.05) is 12.1 Å². The van der Waals surface area contributed by atoms with E-state index in [1.807, 2.05) is 31.5 Å². The number of nitrogens with one attached hydrogen (secondary N) is 1. The van der Waals surface area contributed by atoms with Crippen molar-refractivity contribution < 1.29 is 4.79 Å². The zero-order chi connectivity index (χ0) is 22.9. The standard InChI is InChI=1S/C25H28N6OS/c1-16-17(2)33-25-22(16)23(27-15-28-25)30-11-8-20(9-12-30)24(32)29-21-6-4-19(5-7-21)14-31-13-10-26-18(31)3/h4-7,10,13,15,20H,8-9,11-12,14H2,1-3H3,(H,29,32). The number of imidazole rings is 1. The Kier molecular flexibility index (Phi) is 5.85. The zero-order valence-corrected chi connectivity index (χ0v) is 20.0. The number of rotatable bonds is 5. The number of aromatic nitrogens is 4. The third-order valence-corrected chi connectivity index (χ3v) is 7.72. The van der Waals surface area contributed by atoms with Crippen molar-refractivity contribution in [2.45, 2.75) is 40.2 Å². The first-order chi connectivity index (χ1) is 16.0. The Bertz CT molecular complexity index is 1280. The summed E-state index contributed by atoms with van der Waals surface area (Å²) in [5.74, 6) is 2.11. The van der Waals surface area contributed by atoms with E-state index >= 15 is 0 Å². The van der Waals surface area contributed by atoms with Crippen LogP contribution >= 0.6 is 11.3 Å². The first-order valence-corrected chi connectivity index (χ1v) is 12.1. The molecule has 1 fully saturated rings. The highest BCUT2D eigenvalue weighted by Crippen LogP contribution is 2.35. The van der Waals surface area contributed by atoms with Crippen LogP contribution in [0.25, 0.3) is 10.2 Å². The van der Waals surface area contributed by atoms with E-state index in [4.69, 9.17) is 0 Å². The smallest absolute Gasteiger partial charge is 0.227 e. The Hall–Kier alpha value is -3.26. The molecule has 0 radical (unpaired) electrons. The summed E-state index contributed by atoms with van der Waals surface area (Å²) in [5, 5.41) is 4.27. The van der Waals surface area contributed by atoms with Crippen molar-refractivity contribution in [2.75, 3.05) is 23.3 Å². The highest BCUT2D eigenvalue weighted by atomic mass is 32.1. The number of amides is 1. The lowest BCUT2D eigenvalue weighted by Gasteiger charge is -2.32. The van der Waals surface area contributed by atoms with E-state index < -0.39 is 0 Å². The number of benzene rings is 1. The van der Waals surface area contributed by atoms with Gasteiger partial charge in [-0.3, -0.25) is 4.79 Å². The number of piperidine rings is 1. The van der Waals surface area contributed by atoms with Crippen LogP contribution in [-0.2, 0) is 11.3 Å². The molecule has 3 aromatic heterocycles. The fourth-order valence-electron chi connectivity index (χ4n) is 4.46. The molecule has 1 amide bonds. The van der Waals surface area contributed by atoms with Crippen molar-refractivity contribution >= 4 is 39.0 Å². The molecule has 5 rings (SSSR count). The van der Waals surface area contributed by atoms with Gasteiger partial charge in [0.15, 0.2) is 0 Å². The molecule has 33 heavy (non-hydrogen) atoms. The summed E-state index contributed by atoms with van der Waals surface area (Å²) in [5.41, 5.74) is 3.28. The number of carbonyl (C=O) groups is 1. The van der Waals surface area contributed by atoms with Crippen LogP contribution in [-0.4, -0.2) is 38.5 Å². The quantitative estimate of drug-likeness (QED) is 0.467. The number of hydrogen-bond acceptors (Lipinski definition) is 6. The SMILES string of the molecule is Cc1sc2ncnc(N3CCC(C(=O)Nc4ccc(Cn5ccnc5C)cc4)CC3)c2c1C. The van der Waals surface area contributed by atoms with Crippen molar-refractivity contribution in [1.29, 1.82) is 0 Å². The van der Waals surface area contributed by atoms with Crippen LogP contribution in [0.2, 0.25) is 0 Å². The highest BCUT2D eigenvalue weighted by molar-refractivity contribution is 7.18.